The van der Waals surface area contributed by atoms with Gasteiger partial charge in [-0.25, -0.2) is 0 Å². The maximum absolute atomic E-state index is 13.0. The van der Waals surface area contributed by atoms with E-state index >= 15 is 0 Å². The molecule has 0 bridgehead atoms. The van der Waals surface area contributed by atoms with Gasteiger partial charge < -0.3 is 19.6 Å². The van der Waals surface area contributed by atoms with Crippen molar-refractivity contribution in [3.8, 4) is 5.75 Å². The summed E-state index contributed by atoms with van der Waals surface area (Å²) in [6.45, 7) is 2.94. The monoisotopic (exact) mass is 407 g/mol. The molecule has 2 aliphatic rings. The molecule has 0 radical (unpaired) electrons. The number of nitrogens with zero attached hydrogens (tertiary/aromatic N) is 3. The Morgan fingerprint density at radius 3 is 2.80 bits per heavy atom. The number of aromatic nitrogens is 1. The number of fused-ring (bicyclic) bond motifs is 1. The van der Waals surface area contributed by atoms with E-state index in [-0.39, 0.29) is 17.4 Å². The maximum atomic E-state index is 13.0. The van der Waals surface area contributed by atoms with Gasteiger partial charge in [0.05, 0.1) is 11.6 Å². The molecule has 0 aliphatic carbocycles. The van der Waals surface area contributed by atoms with Gasteiger partial charge in [-0.2, -0.15) is 0 Å². The van der Waals surface area contributed by atoms with Gasteiger partial charge in [0.1, 0.15) is 17.6 Å². The maximum Gasteiger partial charge on any atom is 0.295 e. The summed E-state index contributed by atoms with van der Waals surface area (Å²) in [5.74, 6) is -0.665. The summed E-state index contributed by atoms with van der Waals surface area (Å²) in [5, 5.41) is 11.1. The van der Waals surface area contributed by atoms with Crippen molar-refractivity contribution >= 4 is 17.4 Å². The molecule has 4 rings (SSSR count). The van der Waals surface area contributed by atoms with Crippen LogP contribution in [0.15, 0.2) is 48.3 Å². The van der Waals surface area contributed by atoms with E-state index in [2.05, 4.69) is 4.98 Å². The number of amides is 1. The Balaban J connectivity index is 1.80. The summed E-state index contributed by atoms with van der Waals surface area (Å²) in [7, 11) is 3.81. The van der Waals surface area contributed by atoms with Gasteiger partial charge in [0.25, 0.3) is 11.7 Å². The van der Waals surface area contributed by atoms with Crippen LogP contribution >= 0.6 is 0 Å². The standard InChI is InChI=1S/C23H25N3O4/c1-14-11-17-12-15(6-7-18(17)30-14)21(27)19-20(16-5-4-8-24-13-16)26(10-9-25(2)3)23(29)22(19)28/h4-8,12-14,20,27H,9-11H2,1-3H3/b21-19+. The quantitative estimate of drug-likeness (QED) is 0.466. The third kappa shape index (κ3) is 3.57. The Morgan fingerprint density at radius 1 is 1.30 bits per heavy atom. The van der Waals surface area contributed by atoms with E-state index in [1.807, 2.05) is 38.1 Å². The number of ether oxygens (including phenoxy) is 1. The third-order valence-electron chi connectivity index (χ3n) is 5.50. The van der Waals surface area contributed by atoms with Crippen molar-refractivity contribution in [1.82, 2.24) is 14.8 Å². The average molecular weight is 407 g/mol. The van der Waals surface area contributed by atoms with Gasteiger partial charge >= 0.3 is 0 Å². The summed E-state index contributed by atoms with van der Waals surface area (Å²) < 4.78 is 5.73. The van der Waals surface area contributed by atoms with Crippen LogP contribution in [-0.2, 0) is 16.0 Å². The molecular formula is C23H25N3O4. The molecule has 2 aliphatic heterocycles. The molecule has 7 heteroatoms. The highest BCUT2D eigenvalue weighted by atomic mass is 16.5. The zero-order valence-corrected chi connectivity index (χ0v) is 17.3. The molecule has 0 saturated carbocycles. The Labute approximate surface area is 175 Å². The highest BCUT2D eigenvalue weighted by Gasteiger charge is 2.46. The fourth-order valence-electron chi connectivity index (χ4n) is 4.03. The van der Waals surface area contributed by atoms with Crippen molar-refractivity contribution in [3.63, 3.8) is 0 Å². The second-order valence-corrected chi connectivity index (χ2v) is 8.04. The molecular weight excluding hydrogens is 382 g/mol. The number of rotatable bonds is 5. The molecule has 0 spiro atoms. The number of hydrogen-bond donors (Lipinski definition) is 1. The average Bonchev–Trinajstić information content (AvgIpc) is 3.22. The number of aliphatic hydroxyl groups excluding tert-OH is 1. The van der Waals surface area contributed by atoms with Crippen LogP contribution in [0.5, 0.6) is 5.75 Å². The predicted molar refractivity (Wildman–Crippen MR) is 112 cm³/mol. The minimum Gasteiger partial charge on any atom is -0.507 e. The molecule has 3 heterocycles. The molecule has 2 aromatic rings. The molecule has 30 heavy (non-hydrogen) atoms. The lowest BCUT2D eigenvalue weighted by molar-refractivity contribution is -0.140. The summed E-state index contributed by atoms with van der Waals surface area (Å²) in [6.07, 6.45) is 4.08. The Hall–Kier alpha value is -3.19. The van der Waals surface area contributed by atoms with Crippen LogP contribution in [-0.4, -0.2) is 64.9 Å². The Kier molecular flexibility index (Phi) is 5.30. The molecule has 1 aromatic carbocycles. The number of hydrogen-bond acceptors (Lipinski definition) is 6. The first-order valence-corrected chi connectivity index (χ1v) is 10.00. The number of likely N-dealkylation sites (tertiary alicyclic amines) is 1. The number of carbonyl (C=O) groups is 2. The van der Waals surface area contributed by atoms with Crippen LogP contribution in [0, 0.1) is 0 Å². The topological polar surface area (TPSA) is 83.0 Å². The van der Waals surface area contributed by atoms with E-state index in [4.69, 9.17) is 4.74 Å². The van der Waals surface area contributed by atoms with E-state index in [9.17, 15) is 14.7 Å². The van der Waals surface area contributed by atoms with Crippen LogP contribution < -0.4 is 4.74 Å². The van der Waals surface area contributed by atoms with Crippen LogP contribution in [0.25, 0.3) is 5.76 Å². The van der Waals surface area contributed by atoms with Gasteiger partial charge in [0, 0.05) is 37.5 Å². The molecule has 2 atom stereocenters. The smallest absolute Gasteiger partial charge is 0.295 e. The number of likely N-dealkylation sites (N-methyl/N-ethyl adjacent to an activating group) is 1. The first kappa shape index (κ1) is 20.1. The van der Waals surface area contributed by atoms with Gasteiger partial charge in [-0.3, -0.25) is 14.6 Å². The molecule has 1 amide bonds. The lowest BCUT2D eigenvalue weighted by atomic mass is 9.95. The van der Waals surface area contributed by atoms with Gasteiger partial charge in [-0.1, -0.05) is 6.07 Å². The first-order valence-electron chi connectivity index (χ1n) is 10.00. The van der Waals surface area contributed by atoms with Crippen molar-refractivity contribution in [3.05, 3.63) is 65.0 Å². The van der Waals surface area contributed by atoms with E-state index in [1.54, 1.807) is 30.6 Å². The molecule has 1 N–H and O–H groups in total. The summed E-state index contributed by atoms with van der Waals surface area (Å²) in [6, 6.07) is 8.26. The number of Topliss-reactive ketones (excluding diaryl/α,β-unsaturated/α-hetero) is 1. The highest BCUT2D eigenvalue weighted by Crippen LogP contribution is 2.40. The van der Waals surface area contributed by atoms with E-state index in [0.717, 1.165) is 17.7 Å². The fourth-order valence-corrected chi connectivity index (χ4v) is 4.03. The summed E-state index contributed by atoms with van der Waals surface area (Å²) >= 11 is 0. The number of ketones is 1. The number of carbonyl (C=O) groups excluding carboxylic acids is 2. The van der Waals surface area contributed by atoms with E-state index in [0.29, 0.717) is 24.2 Å². The SMILES string of the molecule is CC1Cc2cc(/C(O)=C3\C(=O)C(=O)N(CCN(C)C)C3c3cccnc3)ccc2O1. The van der Waals surface area contributed by atoms with Crippen molar-refractivity contribution in [2.45, 2.75) is 25.5 Å². The van der Waals surface area contributed by atoms with Gasteiger partial charge in [0.2, 0.25) is 0 Å². The molecule has 1 saturated heterocycles. The third-order valence-corrected chi connectivity index (χ3v) is 5.50. The van der Waals surface area contributed by atoms with Gasteiger partial charge in [-0.05, 0) is 56.4 Å². The zero-order valence-electron chi connectivity index (χ0n) is 17.3. The van der Waals surface area contributed by atoms with Crippen molar-refractivity contribution in [2.75, 3.05) is 27.2 Å². The molecule has 1 aromatic heterocycles. The summed E-state index contributed by atoms with van der Waals surface area (Å²) in [4.78, 5) is 33.4. The first-order chi connectivity index (χ1) is 14.4. The molecule has 7 nitrogen and oxygen atoms in total. The normalized spacial score (nSPS) is 22.5. The number of aliphatic hydroxyl groups is 1. The van der Waals surface area contributed by atoms with Crippen LogP contribution in [0.2, 0.25) is 0 Å². The van der Waals surface area contributed by atoms with Gasteiger partial charge in [0.15, 0.2) is 0 Å². The lowest BCUT2D eigenvalue weighted by Crippen LogP contribution is -2.35. The van der Waals surface area contributed by atoms with E-state index < -0.39 is 17.7 Å². The summed E-state index contributed by atoms with van der Waals surface area (Å²) in [5.41, 5.74) is 2.27. The minimum absolute atomic E-state index is 0.0735. The second-order valence-electron chi connectivity index (χ2n) is 8.04. The molecule has 156 valence electrons. The van der Waals surface area contributed by atoms with Crippen LogP contribution in [0.1, 0.15) is 29.7 Å². The Bertz CT molecular complexity index is 1020. The highest BCUT2D eigenvalue weighted by molar-refractivity contribution is 6.46. The van der Waals surface area contributed by atoms with Crippen molar-refractivity contribution in [2.24, 2.45) is 0 Å². The van der Waals surface area contributed by atoms with Crippen molar-refractivity contribution < 1.29 is 19.4 Å². The number of pyridine rings is 1. The van der Waals surface area contributed by atoms with Crippen LogP contribution in [0.4, 0.5) is 0 Å². The molecule has 1 fully saturated rings. The van der Waals surface area contributed by atoms with Gasteiger partial charge in [-0.15, -0.1) is 0 Å². The molecule has 2 unspecified atom stereocenters. The second kappa shape index (κ2) is 7.91. The van der Waals surface area contributed by atoms with E-state index in [1.165, 1.54) is 4.90 Å². The van der Waals surface area contributed by atoms with Crippen molar-refractivity contribution in [1.29, 1.82) is 0 Å². The predicted octanol–water partition coefficient (Wildman–Crippen LogP) is 2.39. The van der Waals surface area contributed by atoms with Crippen LogP contribution in [0.3, 0.4) is 0 Å². The number of benzene rings is 1. The fraction of sp³-hybridized carbons (Fsp3) is 0.348. The Morgan fingerprint density at radius 2 is 2.10 bits per heavy atom. The zero-order chi connectivity index (χ0) is 21.4. The largest absolute Gasteiger partial charge is 0.507 e. The minimum atomic E-state index is -0.679. The lowest BCUT2D eigenvalue weighted by Gasteiger charge is -2.26.